The molecule has 3 heterocycles. The smallest absolute Gasteiger partial charge is 0.272 e. The number of nitrogens with zero attached hydrogens (tertiary/aromatic N) is 1. The normalized spacial score (nSPS) is 11.1. The van der Waals surface area contributed by atoms with Gasteiger partial charge in [-0.15, -0.1) is 11.3 Å². The van der Waals surface area contributed by atoms with Gasteiger partial charge in [-0.25, -0.2) is 0 Å². The Labute approximate surface area is 105 Å². The van der Waals surface area contributed by atoms with Crippen LogP contribution in [0.1, 0.15) is 5.76 Å². The van der Waals surface area contributed by atoms with Crippen molar-refractivity contribution in [2.45, 2.75) is 6.54 Å². The lowest BCUT2D eigenvalue weighted by Crippen LogP contribution is -2.21. The van der Waals surface area contributed by atoms with E-state index in [2.05, 4.69) is 4.98 Å². The van der Waals surface area contributed by atoms with Crippen LogP contribution in [0.25, 0.3) is 10.2 Å². The average Bonchev–Trinajstić information content (AvgIpc) is 2.94. The van der Waals surface area contributed by atoms with E-state index < -0.39 is 0 Å². The van der Waals surface area contributed by atoms with E-state index in [0.29, 0.717) is 21.8 Å². The minimum absolute atomic E-state index is 0.0739. The summed E-state index contributed by atoms with van der Waals surface area (Å²) in [5.41, 5.74) is 0.718. The molecule has 0 aliphatic rings. The minimum atomic E-state index is -0.0739. The van der Waals surface area contributed by atoms with Gasteiger partial charge in [0.25, 0.3) is 5.56 Å². The number of aromatic amines is 1. The second kappa shape index (κ2) is 3.97. The van der Waals surface area contributed by atoms with E-state index in [1.165, 1.54) is 15.9 Å². The van der Waals surface area contributed by atoms with Crippen LogP contribution in [0.4, 0.5) is 0 Å². The molecule has 4 nitrogen and oxygen atoms in total. The molecule has 86 valence electrons. The summed E-state index contributed by atoms with van der Waals surface area (Å²) in [6.07, 6.45) is 1.58. The number of fused-ring (bicyclic) bond motifs is 1. The first-order valence-corrected chi connectivity index (χ1v) is 6.27. The molecule has 0 amide bonds. The molecule has 0 saturated heterocycles. The highest BCUT2D eigenvalue weighted by Gasteiger charge is 2.08. The molecular formula is C11H8N2O2S2. The number of hydrogen-bond donors (Lipinski definition) is 1. The summed E-state index contributed by atoms with van der Waals surface area (Å²) in [6, 6.07) is 5.46. The van der Waals surface area contributed by atoms with Crippen LogP contribution in [0.2, 0.25) is 0 Å². The van der Waals surface area contributed by atoms with E-state index in [-0.39, 0.29) is 5.56 Å². The maximum atomic E-state index is 12.2. The van der Waals surface area contributed by atoms with Gasteiger partial charge in [-0.2, -0.15) is 0 Å². The van der Waals surface area contributed by atoms with Crippen molar-refractivity contribution in [1.29, 1.82) is 0 Å². The first-order chi connectivity index (χ1) is 8.25. The molecule has 0 unspecified atom stereocenters. The van der Waals surface area contributed by atoms with E-state index >= 15 is 0 Å². The fourth-order valence-corrected chi connectivity index (χ4v) is 2.73. The molecule has 0 radical (unpaired) electrons. The van der Waals surface area contributed by atoms with Gasteiger partial charge in [-0.1, -0.05) is 0 Å². The highest BCUT2D eigenvalue weighted by Crippen LogP contribution is 2.14. The molecule has 0 aliphatic heterocycles. The maximum absolute atomic E-state index is 12.2. The fraction of sp³-hybridized carbons (Fsp3) is 0.0909. The first kappa shape index (κ1) is 10.5. The van der Waals surface area contributed by atoms with Gasteiger partial charge in [-0.3, -0.25) is 9.36 Å². The summed E-state index contributed by atoms with van der Waals surface area (Å²) in [5, 5.41) is 1.87. The van der Waals surface area contributed by atoms with Gasteiger partial charge in [0.2, 0.25) is 0 Å². The van der Waals surface area contributed by atoms with Gasteiger partial charge in [0.05, 0.1) is 18.3 Å². The molecule has 0 fully saturated rings. The van der Waals surface area contributed by atoms with E-state index in [1.807, 2.05) is 17.5 Å². The SMILES string of the molecule is O=c1c2sccc2[nH]c(=S)n1Cc1ccco1. The van der Waals surface area contributed by atoms with Crippen molar-refractivity contribution in [3.8, 4) is 0 Å². The zero-order valence-electron chi connectivity index (χ0n) is 8.67. The Morgan fingerprint density at radius 1 is 1.47 bits per heavy atom. The highest BCUT2D eigenvalue weighted by atomic mass is 32.1. The zero-order chi connectivity index (χ0) is 11.8. The minimum Gasteiger partial charge on any atom is -0.467 e. The van der Waals surface area contributed by atoms with Gasteiger partial charge in [0.1, 0.15) is 10.5 Å². The van der Waals surface area contributed by atoms with Crippen molar-refractivity contribution in [2.24, 2.45) is 0 Å². The Morgan fingerprint density at radius 2 is 2.35 bits per heavy atom. The van der Waals surface area contributed by atoms with Crippen molar-refractivity contribution in [1.82, 2.24) is 9.55 Å². The zero-order valence-corrected chi connectivity index (χ0v) is 10.3. The molecule has 0 aromatic carbocycles. The fourth-order valence-electron chi connectivity index (χ4n) is 1.67. The van der Waals surface area contributed by atoms with Crippen molar-refractivity contribution < 1.29 is 4.42 Å². The largest absolute Gasteiger partial charge is 0.467 e. The number of hydrogen-bond acceptors (Lipinski definition) is 4. The molecule has 3 aromatic rings. The Hall–Kier alpha value is -1.66. The van der Waals surface area contributed by atoms with Crippen LogP contribution in [-0.4, -0.2) is 9.55 Å². The van der Waals surface area contributed by atoms with E-state index in [0.717, 1.165) is 5.52 Å². The Bertz CT molecular complexity index is 765. The summed E-state index contributed by atoms with van der Waals surface area (Å²) in [4.78, 5) is 15.2. The number of furan rings is 1. The molecule has 0 spiro atoms. The lowest BCUT2D eigenvalue weighted by atomic mass is 10.4. The van der Waals surface area contributed by atoms with E-state index in [1.54, 1.807) is 12.3 Å². The van der Waals surface area contributed by atoms with Crippen molar-refractivity contribution in [3.63, 3.8) is 0 Å². The molecule has 3 rings (SSSR count). The Balaban J connectivity index is 2.22. The predicted molar refractivity (Wildman–Crippen MR) is 69.1 cm³/mol. The quantitative estimate of drug-likeness (QED) is 0.724. The van der Waals surface area contributed by atoms with Crippen LogP contribution in [0, 0.1) is 4.77 Å². The van der Waals surface area contributed by atoms with Gasteiger partial charge >= 0.3 is 0 Å². The number of aromatic nitrogens is 2. The van der Waals surface area contributed by atoms with Gasteiger partial charge in [0.15, 0.2) is 4.77 Å². The third kappa shape index (κ3) is 1.75. The summed E-state index contributed by atoms with van der Waals surface area (Å²) in [5.74, 6) is 0.711. The molecule has 1 N–H and O–H groups in total. The van der Waals surface area contributed by atoms with Crippen molar-refractivity contribution >= 4 is 33.8 Å². The molecule has 3 aromatic heterocycles. The van der Waals surface area contributed by atoms with Crippen molar-refractivity contribution in [3.05, 3.63) is 50.7 Å². The second-order valence-corrected chi connectivity index (χ2v) is 4.87. The van der Waals surface area contributed by atoms with E-state index in [4.69, 9.17) is 16.6 Å². The number of H-pyrrole nitrogens is 1. The summed E-state index contributed by atoms with van der Waals surface area (Å²) in [6.45, 7) is 0.356. The number of thiophene rings is 1. The topological polar surface area (TPSA) is 50.9 Å². The monoisotopic (exact) mass is 264 g/mol. The van der Waals surface area contributed by atoms with Crippen LogP contribution in [0.3, 0.4) is 0 Å². The summed E-state index contributed by atoms with van der Waals surface area (Å²) in [7, 11) is 0. The van der Waals surface area contributed by atoms with Crippen LogP contribution in [0.5, 0.6) is 0 Å². The second-order valence-electron chi connectivity index (χ2n) is 3.56. The Morgan fingerprint density at radius 3 is 3.12 bits per heavy atom. The molecule has 0 atom stereocenters. The van der Waals surface area contributed by atoms with Gasteiger partial charge in [-0.05, 0) is 35.8 Å². The summed E-state index contributed by atoms with van der Waals surface area (Å²) >= 11 is 6.58. The van der Waals surface area contributed by atoms with Gasteiger partial charge in [0, 0.05) is 0 Å². The lowest BCUT2D eigenvalue weighted by Gasteiger charge is -2.03. The van der Waals surface area contributed by atoms with Crippen LogP contribution in [0.15, 0.2) is 39.1 Å². The molecule has 0 saturated carbocycles. The molecular weight excluding hydrogens is 256 g/mol. The van der Waals surface area contributed by atoms with E-state index in [9.17, 15) is 4.79 Å². The molecule has 0 aliphatic carbocycles. The standard InChI is InChI=1S/C11H8N2O2S2/c14-10-9-8(3-5-17-9)12-11(16)13(10)6-7-2-1-4-15-7/h1-5H,6H2,(H,12,16). The van der Waals surface area contributed by atoms with Crippen molar-refractivity contribution in [2.75, 3.05) is 0 Å². The average molecular weight is 264 g/mol. The third-order valence-corrected chi connectivity index (χ3v) is 3.71. The Kier molecular flexibility index (Phi) is 2.45. The highest BCUT2D eigenvalue weighted by molar-refractivity contribution is 7.71. The molecule has 6 heteroatoms. The maximum Gasteiger partial charge on any atom is 0.272 e. The third-order valence-electron chi connectivity index (χ3n) is 2.49. The molecule has 0 bridgehead atoms. The number of rotatable bonds is 2. The summed E-state index contributed by atoms with van der Waals surface area (Å²) < 4.78 is 7.83. The first-order valence-electron chi connectivity index (χ1n) is 4.98. The van der Waals surface area contributed by atoms with Crippen LogP contribution < -0.4 is 5.56 Å². The number of nitrogens with one attached hydrogen (secondary N) is 1. The lowest BCUT2D eigenvalue weighted by molar-refractivity contribution is 0.487. The van der Waals surface area contributed by atoms with Gasteiger partial charge < -0.3 is 9.40 Å². The van der Waals surface area contributed by atoms with Crippen LogP contribution in [-0.2, 0) is 6.54 Å². The predicted octanol–water partition coefficient (Wildman–Crippen LogP) is 2.76. The molecule has 17 heavy (non-hydrogen) atoms. The van der Waals surface area contributed by atoms with Crippen LogP contribution >= 0.6 is 23.6 Å².